The Labute approximate surface area is 118 Å². The van der Waals surface area contributed by atoms with Crippen LogP contribution in [0.4, 0.5) is 0 Å². The van der Waals surface area contributed by atoms with Gasteiger partial charge in [0.05, 0.1) is 0 Å². The summed E-state index contributed by atoms with van der Waals surface area (Å²) >= 11 is 3.32. The van der Waals surface area contributed by atoms with Gasteiger partial charge in [0.15, 0.2) is 15.9 Å². The number of hydrogen-bond donors (Lipinski definition) is 0. The fourth-order valence-electron chi connectivity index (χ4n) is 2.12. The van der Waals surface area contributed by atoms with E-state index in [0.717, 1.165) is 0 Å². The Morgan fingerprint density at radius 1 is 1.21 bits per heavy atom. The number of aryl methyl sites for hydroxylation is 1. The van der Waals surface area contributed by atoms with Gasteiger partial charge in [0.25, 0.3) is 5.56 Å². The van der Waals surface area contributed by atoms with E-state index in [1.165, 1.54) is 9.13 Å². The summed E-state index contributed by atoms with van der Waals surface area (Å²) in [6.45, 7) is 8.56. The number of allylic oxidation sites excluding steroid dienone is 1. The second-order valence-electron chi connectivity index (χ2n) is 4.03. The second kappa shape index (κ2) is 5.16. The zero-order valence-corrected chi connectivity index (χ0v) is 12.5. The first-order chi connectivity index (χ1) is 9.06. The highest BCUT2D eigenvalue weighted by molar-refractivity contribution is 9.10. The number of imidazole rings is 1. The molecular formula is C12H15BrN4O2. The standard InChI is InChI=1S/C12H15BrN4O2/c1-4-7-17-8-9(14-11(17)13)15(5-2)12(19)16(6-3)10(8)18/h4H,1,5-7H2,2-3H3. The van der Waals surface area contributed by atoms with Crippen LogP contribution in [0.2, 0.25) is 0 Å². The normalized spacial score (nSPS) is 11.1. The van der Waals surface area contributed by atoms with Crippen molar-refractivity contribution in [2.24, 2.45) is 0 Å². The average Bonchev–Trinajstić information content (AvgIpc) is 2.69. The van der Waals surface area contributed by atoms with Crippen LogP contribution in [-0.2, 0) is 19.6 Å². The predicted molar refractivity (Wildman–Crippen MR) is 77.5 cm³/mol. The lowest BCUT2D eigenvalue weighted by Gasteiger charge is -2.08. The lowest BCUT2D eigenvalue weighted by Crippen LogP contribution is -2.40. The van der Waals surface area contributed by atoms with Gasteiger partial charge in [-0.05, 0) is 29.8 Å². The smallest absolute Gasteiger partial charge is 0.309 e. The average molecular weight is 327 g/mol. The first-order valence-corrected chi connectivity index (χ1v) is 6.86. The van der Waals surface area contributed by atoms with E-state index in [2.05, 4.69) is 27.5 Å². The third kappa shape index (κ3) is 1.98. The molecule has 2 aromatic rings. The summed E-state index contributed by atoms with van der Waals surface area (Å²) in [4.78, 5) is 28.9. The van der Waals surface area contributed by atoms with Crippen molar-refractivity contribution < 1.29 is 0 Å². The van der Waals surface area contributed by atoms with E-state index >= 15 is 0 Å². The SMILES string of the molecule is C=CCn1c(Br)nc2c1c(=O)n(CC)c(=O)n2CC. The molecule has 0 radical (unpaired) electrons. The molecule has 0 saturated carbocycles. The zero-order valence-electron chi connectivity index (χ0n) is 10.9. The van der Waals surface area contributed by atoms with Gasteiger partial charge in [-0.2, -0.15) is 0 Å². The van der Waals surface area contributed by atoms with Crippen molar-refractivity contribution in [3.8, 4) is 0 Å². The van der Waals surface area contributed by atoms with Crippen molar-refractivity contribution >= 4 is 27.1 Å². The van der Waals surface area contributed by atoms with Gasteiger partial charge < -0.3 is 4.57 Å². The Bertz CT molecular complexity index is 754. The third-order valence-corrected chi connectivity index (χ3v) is 3.62. The molecule has 0 N–H and O–H groups in total. The van der Waals surface area contributed by atoms with E-state index in [0.29, 0.717) is 35.5 Å². The third-order valence-electron chi connectivity index (χ3n) is 3.01. The molecule has 0 saturated heterocycles. The molecule has 102 valence electrons. The zero-order chi connectivity index (χ0) is 14.2. The molecule has 0 atom stereocenters. The largest absolute Gasteiger partial charge is 0.332 e. The van der Waals surface area contributed by atoms with Crippen LogP contribution >= 0.6 is 15.9 Å². The van der Waals surface area contributed by atoms with Crippen molar-refractivity contribution in [2.75, 3.05) is 0 Å². The lowest BCUT2D eigenvalue weighted by molar-refractivity contribution is 0.603. The topological polar surface area (TPSA) is 61.8 Å². The van der Waals surface area contributed by atoms with E-state index in [9.17, 15) is 9.59 Å². The van der Waals surface area contributed by atoms with Crippen LogP contribution in [0.25, 0.3) is 11.2 Å². The number of rotatable bonds is 4. The number of halogens is 1. The Balaban J connectivity index is 3.04. The first-order valence-electron chi connectivity index (χ1n) is 6.07. The molecule has 0 fully saturated rings. The van der Waals surface area contributed by atoms with Gasteiger partial charge in [-0.3, -0.25) is 13.9 Å². The Morgan fingerprint density at radius 2 is 1.84 bits per heavy atom. The highest BCUT2D eigenvalue weighted by atomic mass is 79.9. The monoisotopic (exact) mass is 326 g/mol. The van der Waals surface area contributed by atoms with E-state index in [1.54, 1.807) is 17.6 Å². The maximum atomic E-state index is 12.4. The van der Waals surface area contributed by atoms with Gasteiger partial charge in [0.1, 0.15) is 0 Å². The molecule has 0 unspecified atom stereocenters. The molecular weight excluding hydrogens is 312 g/mol. The summed E-state index contributed by atoms with van der Waals surface area (Å²) in [5, 5.41) is 0. The first kappa shape index (κ1) is 13.8. The van der Waals surface area contributed by atoms with Crippen LogP contribution in [0.1, 0.15) is 13.8 Å². The molecule has 2 heterocycles. The van der Waals surface area contributed by atoms with Crippen LogP contribution in [0.3, 0.4) is 0 Å². The van der Waals surface area contributed by atoms with Crippen molar-refractivity contribution in [1.29, 1.82) is 0 Å². The molecule has 7 heteroatoms. The maximum Gasteiger partial charge on any atom is 0.332 e. The molecule has 0 aliphatic rings. The molecule has 0 amide bonds. The Morgan fingerprint density at radius 3 is 2.37 bits per heavy atom. The minimum atomic E-state index is -0.321. The van der Waals surface area contributed by atoms with E-state index < -0.39 is 0 Å². The highest BCUT2D eigenvalue weighted by Gasteiger charge is 2.18. The van der Waals surface area contributed by atoms with E-state index in [1.807, 2.05) is 6.92 Å². The van der Waals surface area contributed by atoms with Crippen molar-refractivity contribution in [3.05, 3.63) is 38.2 Å². The highest BCUT2D eigenvalue weighted by Crippen LogP contribution is 2.16. The number of nitrogens with zero attached hydrogens (tertiary/aromatic N) is 4. The summed E-state index contributed by atoms with van der Waals surface area (Å²) in [6.07, 6.45) is 1.68. The van der Waals surface area contributed by atoms with Crippen LogP contribution < -0.4 is 11.2 Å². The van der Waals surface area contributed by atoms with Gasteiger partial charge in [-0.25, -0.2) is 9.78 Å². The number of fused-ring (bicyclic) bond motifs is 1. The molecule has 2 rings (SSSR count). The van der Waals surface area contributed by atoms with Gasteiger partial charge in [-0.1, -0.05) is 6.08 Å². The van der Waals surface area contributed by atoms with Gasteiger partial charge in [-0.15, -0.1) is 6.58 Å². The molecule has 0 bridgehead atoms. The minimum absolute atomic E-state index is 0.313. The van der Waals surface area contributed by atoms with Crippen LogP contribution in [0.5, 0.6) is 0 Å². The van der Waals surface area contributed by atoms with Crippen molar-refractivity contribution in [2.45, 2.75) is 33.5 Å². The predicted octanol–water partition coefficient (Wildman–Crippen LogP) is 1.35. The van der Waals surface area contributed by atoms with Gasteiger partial charge in [0.2, 0.25) is 0 Å². The van der Waals surface area contributed by atoms with E-state index in [4.69, 9.17) is 0 Å². The van der Waals surface area contributed by atoms with Crippen LogP contribution in [-0.4, -0.2) is 18.7 Å². The number of hydrogen-bond acceptors (Lipinski definition) is 3. The van der Waals surface area contributed by atoms with Crippen LogP contribution in [0.15, 0.2) is 27.0 Å². The molecule has 2 aromatic heterocycles. The quantitative estimate of drug-likeness (QED) is 0.629. The molecule has 6 nitrogen and oxygen atoms in total. The molecule has 0 spiro atoms. The fourth-order valence-corrected chi connectivity index (χ4v) is 2.61. The van der Waals surface area contributed by atoms with Crippen LogP contribution in [0, 0.1) is 0 Å². The molecule has 0 aliphatic carbocycles. The summed E-state index contributed by atoms with van der Waals surface area (Å²) < 4.78 is 4.96. The summed E-state index contributed by atoms with van der Waals surface area (Å²) in [5.74, 6) is 0. The summed E-state index contributed by atoms with van der Waals surface area (Å²) in [7, 11) is 0. The summed E-state index contributed by atoms with van der Waals surface area (Å²) in [6, 6.07) is 0. The van der Waals surface area contributed by atoms with Crippen molar-refractivity contribution in [3.63, 3.8) is 0 Å². The second-order valence-corrected chi connectivity index (χ2v) is 4.74. The Kier molecular flexibility index (Phi) is 3.75. The Hall–Kier alpha value is -1.63. The molecule has 0 aliphatic heterocycles. The van der Waals surface area contributed by atoms with Gasteiger partial charge >= 0.3 is 5.69 Å². The molecule has 19 heavy (non-hydrogen) atoms. The van der Waals surface area contributed by atoms with Gasteiger partial charge in [0, 0.05) is 19.6 Å². The summed E-state index contributed by atoms with van der Waals surface area (Å²) in [5.41, 5.74) is 0.205. The molecule has 0 aromatic carbocycles. The van der Waals surface area contributed by atoms with Crippen molar-refractivity contribution in [1.82, 2.24) is 18.7 Å². The fraction of sp³-hybridized carbons (Fsp3) is 0.417. The minimum Gasteiger partial charge on any atom is -0.309 e. The maximum absolute atomic E-state index is 12.4. The number of aromatic nitrogens is 4. The van der Waals surface area contributed by atoms with E-state index in [-0.39, 0.29) is 11.2 Å². The lowest BCUT2D eigenvalue weighted by atomic mass is 10.4.